The highest BCUT2D eigenvalue weighted by Gasteiger charge is 2.20. The number of anilines is 1. The zero-order valence-corrected chi connectivity index (χ0v) is 15.3. The molecular formula is C21H22ClN3O. The monoisotopic (exact) mass is 367 g/mol. The molecule has 1 atom stereocenters. The van der Waals surface area contributed by atoms with E-state index >= 15 is 0 Å². The van der Waals surface area contributed by atoms with E-state index in [0.29, 0.717) is 6.04 Å². The molecule has 134 valence electrons. The van der Waals surface area contributed by atoms with Crippen molar-refractivity contribution in [3.05, 3.63) is 75.7 Å². The molecule has 0 bridgehead atoms. The molecule has 1 aromatic heterocycles. The first-order chi connectivity index (χ1) is 12.7. The van der Waals surface area contributed by atoms with E-state index < -0.39 is 0 Å². The minimum atomic E-state index is -0.0422. The van der Waals surface area contributed by atoms with Gasteiger partial charge in [0.05, 0.1) is 0 Å². The average molecular weight is 368 g/mol. The highest BCUT2D eigenvalue weighted by molar-refractivity contribution is 6.30. The van der Waals surface area contributed by atoms with Gasteiger partial charge in [0.1, 0.15) is 0 Å². The zero-order valence-electron chi connectivity index (χ0n) is 14.5. The van der Waals surface area contributed by atoms with Crippen LogP contribution in [0.5, 0.6) is 0 Å². The van der Waals surface area contributed by atoms with Crippen LogP contribution < -0.4 is 10.9 Å². The summed E-state index contributed by atoms with van der Waals surface area (Å²) in [6, 6.07) is 16.4. The first kappa shape index (κ1) is 17.1. The van der Waals surface area contributed by atoms with Gasteiger partial charge in [-0.05, 0) is 66.7 Å². The predicted molar refractivity (Wildman–Crippen MR) is 108 cm³/mol. The lowest BCUT2D eigenvalue weighted by Crippen LogP contribution is -2.41. The Morgan fingerprint density at radius 3 is 3.00 bits per heavy atom. The summed E-state index contributed by atoms with van der Waals surface area (Å²) >= 11 is 6.10. The molecule has 0 amide bonds. The molecule has 2 N–H and O–H groups in total. The van der Waals surface area contributed by atoms with Crippen LogP contribution >= 0.6 is 11.6 Å². The number of aromatic nitrogens is 1. The number of H-pyrrole nitrogens is 1. The van der Waals surface area contributed by atoms with Crippen LogP contribution in [0.2, 0.25) is 5.02 Å². The minimum Gasteiger partial charge on any atom is -0.381 e. The van der Waals surface area contributed by atoms with Crippen molar-refractivity contribution in [3.63, 3.8) is 0 Å². The minimum absolute atomic E-state index is 0.0422. The Morgan fingerprint density at radius 1 is 1.19 bits per heavy atom. The van der Waals surface area contributed by atoms with Crippen molar-refractivity contribution in [1.29, 1.82) is 0 Å². The van der Waals surface area contributed by atoms with Gasteiger partial charge in [0, 0.05) is 41.4 Å². The summed E-state index contributed by atoms with van der Waals surface area (Å²) in [5, 5.41) is 6.12. The largest absolute Gasteiger partial charge is 0.381 e. The maximum atomic E-state index is 11.8. The third-order valence-corrected chi connectivity index (χ3v) is 5.18. The highest BCUT2D eigenvalue weighted by atomic mass is 35.5. The van der Waals surface area contributed by atoms with Crippen molar-refractivity contribution >= 4 is 28.1 Å². The van der Waals surface area contributed by atoms with Gasteiger partial charge >= 0.3 is 0 Å². The number of rotatable bonds is 4. The number of nitrogens with zero attached hydrogens (tertiary/aromatic N) is 1. The molecule has 4 rings (SSSR count). The average Bonchev–Trinajstić information content (AvgIpc) is 2.62. The highest BCUT2D eigenvalue weighted by Crippen LogP contribution is 2.21. The lowest BCUT2D eigenvalue weighted by molar-refractivity contribution is 0.208. The molecule has 4 nitrogen and oxygen atoms in total. The molecule has 5 heteroatoms. The Balaban J connectivity index is 1.44. The van der Waals surface area contributed by atoms with Crippen LogP contribution in [0.25, 0.3) is 10.8 Å². The molecule has 3 aromatic rings. The van der Waals surface area contributed by atoms with E-state index in [1.807, 2.05) is 36.4 Å². The van der Waals surface area contributed by atoms with Crippen molar-refractivity contribution < 1.29 is 0 Å². The second-order valence-corrected chi connectivity index (χ2v) is 7.39. The van der Waals surface area contributed by atoms with E-state index in [2.05, 4.69) is 27.3 Å². The third kappa shape index (κ3) is 3.92. The Bertz CT molecular complexity index is 969. The van der Waals surface area contributed by atoms with Crippen LogP contribution in [0.3, 0.4) is 0 Å². The van der Waals surface area contributed by atoms with Gasteiger partial charge in [0.25, 0.3) is 5.56 Å². The van der Waals surface area contributed by atoms with Gasteiger partial charge in [-0.15, -0.1) is 0 Å². The fourth-order valence-corrected chi connectivity index (χ4v) is 3.94. The van der Waals surface area contributed by atoms with Gasteiger partial charge in [-0.25, -0.2) is 0 Å². The van der Waals surface area contributed by atoms with Crippen molar-refractivity contribution in [2.24, 2.45) is 0 Å². The summed E-state index contributed by atoms with van der Waals surface area (Å²) in [6.45, 7) is 3.03. The number of hydrogen-bond donors (Lipinski definition) is 2. The Morgan fingerprint density at radius 2 is 2.12 bits per heavy atom. The number of likely N-dealkylation sites (tertiary alicyclic amines) is 1. The van der Waals surface area contributed by atoms with Gasteiger partial charge in [0.15, 0.2) is 0 Å². The van der Waals surface area contributed by atoms with Crippen molar-refractivity contribution in [1.82, 2.24) is 9.88 Å². The number of halogens is 1. The molecule has 1 fully saturated rings. The summed E-state index contributed by atoms with van der Waals surface area (Å²) in [6.07, 6.45) is 4.02. The Hall–Kier alpha value is -2.30. The fraction of sp³-hybridized carbons (Fsp3) is 0.286. The van der Waals surface area contributed by atoms with Crippen LogP contribution in [0.1, 0.15) is 18.4 Å². The van der Waals surface area contributed by atoms with Crippen LogP contribution in [0.15, 0.2) is 59.5 Å². The second-order valence-electron chi connectivity index (χ2n) is 6.96. The molecule has 0 radical (unpaired) electrons. The lowest BCUT2D eigenvalue weighted by atomic mass is 10.0. The SMILES string of the molecule is O=c1[nH]ccc2cc(N[C@@H]3CCCN(Cc4cccc(Cl)c4)C3)ccc12. The quantitative estimate of drug-likeness (QED) is 0.724. The molecule has 0 saturated carbocycles. The summed E-state index contributed by atoms with van der Waals surface area (Å²) in [7, 11) is 0. The number of nitrogens with one attached hydrogen (secondary N) is 2. The number of piperidine rings is 1. The number of fused-ring (bicyclic) bond motifs is 1. The Kier molecular flexibility index (Phi) is 4.96. The Labute approximate surface area is 157 Å². The van der Waals surface area contributed by atoms with E-state index in [1.54, 1.807) is 6.20 Å². The maximum absolute atomic E-state index is 11.8. The molecule has 0 unspecified atom stereocenters. The third-order valence-electron chi connectivity index (χ3n) is 4.95. The van der Waals surface area contributed by atoms with E-state index in [9.17, 15) is 4.79 Å². The molecule has 2 aromatic carbocycles. The number of aromatic amines is 1. The molecule has 1 aliphatic heterocycles. The molecule has 0 spiro atoms. The summed E-state index contributed by atoms with van der Waals surface area (Å²) in [4.78, 5) is 17.0. The molecule has 0 aliphatic carbocycles. The summed E-state index contributed by atoms with van der Waals surface area (Å²) in [5.41, 5.74) is 2.28. The van der Waals surface area contributed by atoms with E-state index in [-0.39, 0.29) is 5.56 Å². The van der Waals surface area contributed by atoms with Crippen molar-refractivity contribution in [2.75, 3.05) is 18.4 Å². The molecule has 1 saturated heterocycles. The van der Waals surface area contributed by atoms with Gasteiger partial charge in [-0.3, -0.25) is 9.69 Å². The number of hydrogen-bond acceptors (Lipinski definition) is 3. The fourth-order valence-electron chi connectivity index (χ4n) is 3.73. The van der Waals surface area contributed by atoms with Gasteiger partial charge in [0.2, 0.25) is 0 Å². The van der Waals surface area contributed by atoms with Gasteiger partial charge < -0.3 is 10.3 Å². The first-order valence-electron chi connectivity index (χ1n) is 9.02. The van der Waals surface area contributed by atoms with Crippen LogP contribution in [0, 0.1) is 0 Å². The van der Waals surface area contributed by atoms with Gasteiger partial charge in [-0.2, -0.15) is 0 Å². The van der Waals surface area contributed by atoms with Crippen LogP contribution in [0.4, 0.5) is 5.69 Å². The lowest BCUT2D eigenvalue weighted by Gasteiger charge is -2.33. The summed E-state index contributed by atoms with van der Waals surface area (Å²) < 4.78 is 0. The van der Waals surface area contributed by atoms with E-state index in [4.69, 9.17) is 11.6 Å². The van der Waals surface area contributed by atoms with E-state index in [1.165, 1.54) is 12.0 Å². The standard InChI is InChI=1S/C21H22ClN3O/c22-17-4-1-3-15(11-17)13-25-10-2-5-19(14-25)24-18-6-7-20-16(12-18)8-9-23-21(20)26/h1,3-4,6-9,11-12,19,24H,2,5,10,13-14H2,(H,23,26)/t19-/m1/s1. The normalized spacial score (nSPS) is 18.1. The van der Waals surface area contributed by atoms with E-state index in [0.717, 1.165) is 47.5 Å². The van der Waals surface area contributed by atoms with Crippen LogP contribution in [-0.2, 0) is 6.54 Å². The molecular weight excluding hydrogens is 346 g/mol. The first-order valence-corrected chi connectivity index (χ1v) is 9.40. The van der Waals surface area contributed by atoms with Gasteiger partial charge in [-0.1, -0.05) is 23.7 Å². The molecule has 26 heavy (non-hydrogen) atoms. The van der Waals surface area contributed by atoms with Crippen molar-refractivity contribution in [3.8, 4) is 0 Å². The predicted octanol–water partition coefficient (Wildman–Crippen LogP) is 4.26. The number of pyridine rings is 1. The smallest absolute Gasteiger partial charge is 0.255 e. The van der Waals surface area contributed by atoms with Crippen LogP contribution in [-0.4, -0.2) is 29.0 Å². The second kappa shape index (κ2) is 7.52. The molecule has 1 aliphatic rings. The topological polar surface area (TPSA) is 48.1 Å². The van der Waals surface area contributed by atoms with Crippen molar-refractivity contribution in [2.45, 2.75) is 25.4 Å². The maximum Gasteiger partial charge on any atom is 0.255 e. The number of benzene rings is 2. The summed E-state index contributed by atoms with van der Waals surface area (Å²) in [5.74, 6) is 0. The molecule has 2 heterocycles. The zero-order chi connectivity index (χ0) is 17.9.